The van der Waals surface area contributed by atoms with Gasteiger partial charge in [-0.3, -0.25) is 0 Å². The molecule has 5 aromatic rings. The lowest BCUT2D eigenvalue weighted by molar-refractivity contribution is 0.194. The van der Waals surface area contributed by atoms with Gasteiger partial charge in [0, 0.05) is 17.4 Å². The second kappa shape index (κ2) is 9.09. The maximum absolute atomic E-state index is 13.9. The third-order valence-corrected chi connectivity index (χ3v) is 6.84. The second-order valence-electron chi connectivity index (χ2n) is 9.32. The van der Waals surface area contributed by atoms with Crippen LogP contribution in [0.25, 0.3) is 11.5 Å². The SMILES string of the molecule is Cc1ccc(NC(=O)N2Cc3c(C)nn(-c4ccccc4)c3-n3cccc3[C@@H]2c2ccc(F)cc2)cc1. The van der Waals surface area contributed by atoms with Gasteiger partial charge in [-0.05, 0) is 67.9 Å². The lowest BCUT2D eigenvalue weighted by atomic mass is 10.0. The highest BCUT2D eigenvalue weighted by Crippen LogP contribution is 2.38. The first-order valence-corrected chi connectivity index (χ1v) is 12.2. The third kappa shape index (κ3) is 4.08. The number of fused-ring (bicyclic) bond motifs is 3. The molecule has 0 aliphatic carbocycles. The van der Waals surface area contributed by atoms with Crippen molar-refractivity contribution >= 4 is 11.7 Å². The molecule has 184 valence electrons. The average Bonchev–Trinajstić information content (AvgIpc) is 3.47. The maximum atomic E-state index is 13.9. The van der Waals surface area contributed by atoms with Crippen molar-refractivity contribution < 1.29 is 9.18 Å². The molecule has 2 amide bonds. The van der Waals surface area contributed by atoms with E-state index in [9.17, 15) is 9.18 Å². The lowest BCUT2D eigenvalue weighted by Crippen LogP contribution is -2.38. The van der Waals surface area contributed by atoms with Gasteiger partial charge in [0.1, 0.15) is 11.6 Å². The minimum absolute atomic E-state index is 0.245. The molecule has 0 unspecified atom stereocenters. The summed E-state index contributed by atoms with van der Waals surface area (Å²) in [5.41, 5.74) is 6.26. The quantitative estimate of drug-likeness (QED) is 0.311. The Bertz CT molecular complexity index is 1570. The number of halogens is 1. The van der Waals surface area contributed by atoms with Crippen LogP contribution in [0.15, 0.2) is 97.2 Å². The number of nitrogens with one attached hydrogen (secondary N) is 1. The number of nitrogens with zero attached hydrogens (tertiary/aromatic N) is 4. The molecule has 0 radical (unpaired) electrons. The molecule has 3 heterocycles. The molecule has 7 heteroatoms. The van der Waals surface area contributed by atoms with Crippen molar-refractivity contribution in [3.05, 3.63) is 131 Å². The van der Waals surface area contributed by atoms with E-state index >= 15 is 0 Å². The van der Waals surface area contributed by atoms with Crippen molar-refractivity contribution in [3.8, 4) is 11.5 Å². The standard InChI is InChI=1S/C30H26FN5O/c1-20-10-16-24(17-11-20)32-30(37)35-19-26-21(2)33-36(25-7-4-3-5-8-25)29(26)34-18-6-9-27(34)28(35)22-12-14-23(31)15-13-22/h3-18,28H,19H2,1-2H3,(H,32,37)/t28-/m0/s1. The van der Waals surface area contributed by atoms with Gasteiger partial charge >= 0.3 is 6.03 Å². The zero-order valence-corrected chi connectivity index (χ0v) is 20.6. The highest BCUT2D eigenvalue weighted by molar-refractivity contribution is 5.90. The van der Waals surface area contributed by atoms with Crippen molar-refractivity contribution in [2.24, 2.45) is 0 Å². The Hall–Kier alpha value is -4.65. The number of urea groups is 1. The molecule has 1 aliphatic heterocycles. The number of rotatable bonds is 3. The van der Waals surface area contributed by atoms with E-state index in [0.717, 1.165) is 39.6 Å². The highest BCUT2D eigenvalue weighted by Gasteiger charge is 2.36. The Morgan fingerprint density at radius 1 is 0.919 bits per heavy atom. The van der Waals surface area contributed by atoms with Crippen LogP contribution in [0.4, 0.5) is 14.9 Å². The summed E-state index contributed by atoms with van der Waals surface area (Å²) >= 11 is 0. The number of anilines is 1. The van der Waals surface area contributed by atoms with E-state index < -0.39 is 6.04 Å². The molecule has 0 saturated carbocycles. The van der Waals surface area contributed by atoms with Gasteiger partial charge in [-0.15, -0.1) is 0 Å². The van der Waals surface area contributed by atoms with E-state index in [1.165, 1.54) is 12.1 Å². The van der Waals surface area contributed by atoms with Crippen molar-refractivity contribution in [2.75, 3.05) is 5.32 Å². The van der Waals surface area contributed by atoms with Crippen LogP contribution in [0, 0.1) is 19.7 Å². The Morgan fingerprint density at radius 3 is 2.38 bits per heavy atom. The Balaban J connectivity index is 1.53. The van der Waals surface area contributed by atoms with Crippen LogP contribution in [0.1, 0.15) is 34.1 Å². The van der Waals surface area contributed by atoms with Gasteiger partial charge in [-0.2, -0.15) is 5.10 Å². The van der Waals surface area contributed by atoms with E-state index in [4.69, 9.17) is 5.10 Å². The Kier molecular flexibility index (Phi) is 5.60. The van der Waals surface area contributed by atoms with Crippen molar-refractivity contribution in [2.45, 2.75) is 26.4 Å². The van der Waals surface area contributed by atoms with Gasteiger partial charge in [0.05, 0.1) is 29.7 Å². The number of carbonyl (C=O) groups is 1. The predicted octanol–water partition coefficient (Wildman–Crippen LogP) is 6.56. The van der Waals surface area contributed by atoms with Gasteiger partial charge in [-0.1, -0.05) is 48.0 Å². The van der Waals surface area contributed by atoms with Crippen LogP contribution in [-0.4, -0.2) is 25.3 Å². The zero-order chi connectivity index (χ0) is 25.5. The zero-order valence-electron chi connectivity index (χ0n) is 20.6. The molecule has 1 aliphatic rings. The molecule has 2 aromatic heterocycles. The largest absolute Gasteiger partial charge is 0.322 e. The summed E-state index contributed by atoms with van der Waals surface area (Å²) in [5.74, 6) is 0.573. The smallest absolute Gasteiger partial charge is 0.308 e. The number of para-hydroxylation sites is 1. The fourth-order valence-electron chi connectivity index (χ4n) is 4.98. The molecule has 3 aromatic carbocycles. The highest BCUT2D eigenvalue weighted by atomic mass is 19.1. The number of aryl methyl sites for hydroxylation is 2. The van der Waals surface area contributed by atoms with E-state index in [-0.39, 0.29) is 11.8 Å². The van der Waals surface area contributed by atoms with Crippen molar-refractivity contribution in [1.29, 1.82) is 0 Å². The van der Waals surface area contributed by atoms with Gasteiger partial charge in [-0.25, -0.2) is 13.9 Å². The molecular formula is C30H26FN5O. The molecule has 6 nitrogen and oxygen atoms in total. The van der Waals surface area contributed by atoms with Crippen LogP contribution in [0.5, 0.6) is 0 Å². The van der Waals surface area contributed by atoms with Gasteiger partial charge in [0.15, 0.2) is 0 Å². The summed E-state index contributed by atoms with van der Waals surface area (Å²) in [4.78, 5) is 15.7. The molecule has 0 bridgehead atoms. The van der Waals surface area contributed by atoms with Gasteiger partial charge in [0.25, 0.3) is 0 Å². The molecular weight excluding hydrogens is 465 g/mol. The molecule has 1 atom stereocenters. The van der Waals surface area contributed by atoms with E-state index in [1.807, 2.05) is 91.5 Å². The fraction of sp³-hybridized carbons (Fsp3) is 0.133. The number of hydrogen-bond donors (Lipinski definition) is 1. The van der Waals surface area contributed by atoms with E-state index in [2.05, 4.69) is 9.88 Å². The van der Waals surface area contributed by atoms with Crippen LogP contribution in [-0.2, 0) is 6.54 Å². The normalized spacial score (nSPS) is 14.6. The first-order chi connectivity index (χ1) is 18.0. The van der Waals surface area contributed by atoms with Gasteiger partial charge in [0.2, 0.25) is 0 Å². The average molecular weight is 492 g/mol. The molecule has 0 spiro atoms. The molecule has 37 heavy (non-hydrogen) atoms. The topological polar surface area (TPSA) is 55.1 Å². The Labute approximate surface area is 214 Å². The minimum atomic E-state index is -0.447. The second-order valence-corrected chi connectivity index (χ2v) is 9.32. The Morgan fingerprint density at radius 2 is 1.65 bits per heavy atom. The fourth-order valence-corrected chi connectivity index (χ4v) is 4.98. The number of aromatic nitrogens is 3. The number of amides is 2. The summed E-state index contributed by atoms with van der Waals surface area (Å²) in [6.07, 6.45) is 1.99. The van der Waals surface area contributed by atoms with Crippen LogP contribution < -0.4 is 5.32 Å². The summed E-state index contributed by atoms with van der Waals surface area (Å²) in [5, 5.41) is 7.93. The van der Waals surface area contributed by atoms with E-state index in [1.54, 1.807) is 17.0 Å². The third-order valence-electron chi connectivity index (χ3n) is 6.84. The minimum Gasteiger partial charge on any atom is -0.308 e. The van der Waals surface area contributed by atoms with Crippen molar-refractivity contribution in [1.82, 2.24) is 19.2 Å². The molecule has 1 N–H and O–H groups in total. The monoisotopic (exact) mass is 491 g/mol. The number of benzene rings is 3. The molecule has 0 saturated heterocycles. The summed E-state index contributed by atoms with van der Waals surface area (Å²) in [6.45, 7) is 4.30. The maximum Gasteiger partial charge on any atom is 0.322 e. The lowest BCUT2D eigenvalue weighted by Gasteiger charge is -2.31. The van der Waals surface area contributed by atoms with E-state index in [0.29, 0.717) is 12.2 Å². The van der Waals surface area contributed by atoms with Crippen LogP contribution in [0.2, 0.25) is 0 Å². The molecule has 6 rings (SSSR count). The van der Waals surface area contributed by atoms with Crippen molar-refractivity contribution in [3.63, 3.8) is 0 Å². The van der Waals surface area contributed by atoms with Gasteiger partial charge < -0.3 is 14.8 Å². The first kappa shape index (κ1) is 22.8. The molecule has 0 fully saturated rings. The number of hydrogen-bond acceptors (Lipinski definition) is 2. The summed E-state index contributed by atoms with van der Waals surface area (Å²) in [7, 11) is 0. The first-order valence-electron chi connectivity index (χ1n) is 12.2. The van der Waals surface area contributed by atoms with Crippen LogP contribution in [0.3, 0.4) is 0 Å². The summed E-state index contributed by atoms with van der Waals surface area (Å²) < 4.78 is 17.9. The number of carbonyl (C=O) groups excluding carboxylic acids is 1. The van der Waals surface area contributed by atoms with Crippen LogP contribution >= 0.6 is 0 Å². The predicted molar refractivity (Wildman–Crippen MR) is 142 cm³/mol. The summed E-state index contributed by atoms with van der Waals surface area (Å²) in [6, 6.07) is 27.3.